The van der Waals surface area contributed by atoms with Crippen molar-refractivity contribution in [2.24, 2.45) is 12.0 Å². The number of carbonyl (C=O) groups is 1. The lowest BCUT2D eigenvalue weighted by molar-refractivity contribution is -0.120. The first-order chi connectivity index (χ1) is 14.0. The van der Waals surface area contributed by atoms with E-state index in [4.69, 9.17) is 0 Å². The van der Waals surface area contributed by atoms with Gasteiger partial charge in [-0.15, -0.1) is 24.0 Å². The number of unbranched alkanes of at least 4 members (excludes halogenated alkanes) is 1. The van der Waals surface area contributed by atoms with Gasteiger partial charge in [0, 0.05) is 58.2 Å². The van der Waals surface area contributed by atoms with E-state index in [0.717, 1.165) is 36.7 Å². The van der Waals surface area contributed by atoms with Crippen LogP contribution in [0.25, 0.3) is 0 Å². The van der Waals surface area contributed by atoms with E-state index in [2.05, 4.69) is 15.4 Å². The van der Waals surface area contributed by atoms with Crippen LogP contribution in [0.15, 0.2) is 40.4 Å². The Morgan fingerprint density at radius 3 is 2.67 bits per heavy atom. The molecule has 3 rings (SSSR count). The molecule has 10 heteroatoms. The van der Waals surface area contributed by atoms with Crippen molar-refractivity contribution in [3.05, 3.63) is 46.6 Å². The molecule has 3 heterocycles. The van der Waals surface area contributed by atoms with Gasteiger partial charge in [-0.25, -0.2) is 0 Å². The molecular formula is C20H30IN7O2. The van der Waals surface area contributed by atoms with Gasteiger partial charge in [0.25, 0.3) is 5.56 Å². The summed E-state index contributed by atoms with van der Waals surface area (Å²) in [7, 11) is 3.57. The number of nitrogens with zero attached hydrogens (tertiary/aromatic N) is 6. The molecule has 30 heavy (non-hydrogen) atoms. The molecule has 0 aromatic carbocycles. The lowest BCUT2D eigenvalue weighted by atomic mass is 10.2. The zero-order chi connectivity index (χ0) is 20.8. The Morgan fingerprint density at radius 1 is 1.23 bits per heavy atom. The van der Waals surface area contributed by atoms with E-state index in [1.54, 1.807) is 39.5 Å². The van der Waals surface area contributed by atoms with Gasteiger partial charge >= 0.3 is 0 Å². The fourth-order valence-corrected chi connectivity index (χ4v) is 3.51. The SMILES string of the molecule is CN=C(NCCCCn1c(C)cccc1=O)N1CCN(c2cnn(C)c2)C(=O)C1.I. The van der Waals surface area contributed by atoms with E-state index in [0.29, 0.717) is 19.6 Å². The molecule has 1 saturated heterocycles. The number of hydrogen-bond donors (Lipinski definition) is 1. The predicted molar refractivity (Wildman–Crippen MR) is 129 cm³/mol. The van der Waals surface area contributed by atoms with Gasteiger partial charge in [-0.3, -0.25) is 19.3 Å². The fraction of sp³-hybridized carbons (Fsp3) is 0.500. The van der Waals surface area contributed by atoms with Crippen LogP contribution in [0.1, 0.15) is 18.5 Å². The second-order valence-corrected chi connectivity index (χ2v) is 7.18. The molecule has 0 unspecified atom stereocenters. The molecule has 1 N–H and O–H groups in total. The average molecular weight is 527 g/mol. The molecule has 2 aromatic heterocycles. The van der Waals surface area contributed by atoms with Crippen LogP contribution in [0.2, 0.25) is 0 Å². The monoisotopic (exact) mass is 527 g/mol. The number of rotatable bonds is 6. The van der Waals surface area contributed by atoms with E-state index in [1.165, 1.54) is 0 Å². The van der Waals surface area contributed by atoms with Crippen molar-refractivity contribution in [2.45, 2.75) is 26.3 Å². The molecule has 9 nitrogen and oxygen atoms in total. The zero-order valence-electron chi connectivity index (χ0n) is 17.7. The van der Waals surface area contributed by atoms with Gasteiger partial charge in [-0.1, -0.05) is 6.07 Å². The first kappa shape index (κ1) is 23.9. The summed E-state index contributed by atoms with van der Waals surface area (Å²) in [5, 5.41) is 7.47. The maximum atomic E-state index is 12.6. The minimum Gasteiger partial charge on any atom is -0.356 e. The Hall–Kier alpha value is -2.37. The second kappa shape index (κ2) is 11.1. The largest absolute Gasteiger partial charge is 0.356 e. The normalized spacial score (nSPS) is 14.6. The highest BCUT2D eigenvalue weighted by Crippen LogP contribution is 2.16. The number of carbonyl (C=O) groups excluding carboxylic acids is 1. The summed E-state index contributed by atoms with van der Waals surface area (Å²) in [6.45, 7) is 4.98. The van der Waals surface area contributed by atoms with E-state index in [-0.39, 0.29) is 42.0 Å². The maximum Gasteiger partial charge on any atom is 0.250 e. The lowest BCUT2D eigenvalue weighted by Crippen LogP contribution is -2.55. The van der Waals surface area contributed by atoms with Crippen molar-refractivity contribution < 1.29 is 4.79 Å². The summed E-state index contributed by atoms with van der Waals surface area (Å²) in [4.78, 5) is 32.5. The number of nitrogens with one attached hydrogen (secondary N) is 1. The molecule has 1 aliphatic heterocycles. The topological polar surface area (TPSA) is 87.8 Å². The third kappa shape index (κ3) is 5.83. The highest BCUT2D eigenvalue weighted by atomic mass is 127. The van der Waals surface area contributed by atoms with Crippen LogP contribution in [-0.4, -0.2) is 64.3 Å². The molecule has 1 fully saturated rings. The summed E-state index contributed by atoms with van der Waals surface area (Å²) in [5.41, 5.74) is 1.84. The number of guanidine groups is 1. The Morgan fingerprint density at radius 2 is 2.03 bits per heavy atom. The molecular weight excluding hydrogens is 497 g/mol. The first-order valence-electron chi connectivity index (χ1n) is 9.90. The minimum absolute atomic E-state index is 0. The van der Waals surface area contributed by atoms with Crippen molar-refractivity contribution in [3.8, 4) is 0 Å². The lowest BCUT2D eigenvalue weighted by Gasteiger charge is -2.35. The highest BCUT2D eigenvalue weighted by molar-refractivity contribution is 14.0. The van der Waals surface area contributed by atoms with Crippen molar-refractivity contribution >= 4 is 41.5 Å². The third-order valence-electron chi connectivity index (χ3n) is 5.09. The first-order valence-corrected chi connectivity index (χ1v) is 9.90. The molecule has 2 aromatic rings. The van der Waals surface area contributed by atoms with Crippen molar-refractivity contribution in [1.82, 2.24) is 24.6 Å². The van der Waals surface area contributed by atoms with Gasteiger partial charge in [0.1, 0.15) is 6.54 Å². The minimum atomic E-state index is 0. The van der Waals surface area contributed by atoms with Crippen molar-refractivity contribution in [1.29, 1.82) is 0 Å². The van der Waals surface area contributed by atoms with Gasteiger partial charge in [0.2, 0.25) is 5.91 Å². The van der Waals surface area contributed by atoms with Crippen molar-refractivity contribution in [3.63, 3.8) is 0 Å². The molecule has 0 saturated carbocycles. The highest BCUT2D eigenvalue weighted by Gasteiger charge is 2.27. The standard InChI is InChI=1S/C20H29N7O2.HI/c1-16-7-6-8-18(28)26(16)10-5-4-9-22-20(21-2)25-11-12-27(19(29)15-25)17-13-23-24(3)14-17;/h6-8,13-14H,4-5,9-12,15H2,1-3H3,(H,21,22);1H. The van der Waals surface area contributed by atoms with Crippen LogP contribution in [-0.2, 0) is 18.4 Å². The number of aromatic nitrogens is 3. The molecule has 0 atom stereocenters. The fourth-order valence-electron chi connectivity index (χ4n) is 3.51. The maximum absolute atomic E-state index is 12.6. The number of halogens is 1. The van der Waals surface area contributed by atoms with Gasteiger partial charge in [-0.2, -0.15) is 5.10 Å². The van der Waals surface area contributed by atoms with Gasteiger partial charge in [0.05, 0.1) is 11.9 Å². The molecule has 0 spiro atoms. The smallest absolute Gasteiger partial charge is 0.250 e. The van der Waals surface area contributed by atoms with Gasteiger partial charge in [-0.05, 0) is 25.8 Å². The zero-order valence-corrected chi connectivity index (χ0v) is 20.1. The average Bonchev–Trinajstić information content (AvgIpc) is 3.12. The van der Waals surface area contributed by atoms with E-state index < -0.39 is 0 Å². The van der Waals surface area contributed by atoms with Crippen LogP contribution in [0.3, 0.4) is 0 Å². The number of anilines is 1. The van der Waals surface area contributed by atoms with Crippen molar-refractivity contribution in [2.75, 3.05) is 38.1 Å². The number of hydrogen-bond acceptors (Lipinski definition) is 4. The van der Waals surface area contributed by atoms with Crippen LogP contribution < -0.4 is 15.8 Å². The Balaban J connectivity index is 0.00000320. The quantitative estimate of drug-likeness (QED) is 0.264. The number of pyridine rings is 1. The molecule has 164 valence electrons. The summed E-state index contributed by atoms with van der Waals surface area (Å²) in [5.74, 6) is 0.767. The summed E-state index contributed by atoms with van der Waals surface area (Å²) in [6, 6.07) is 5.33. The van der Waals surface area contributed by atoms with Crippen LogP contribution in [0.4, 0.5) is 5.69 Å². The Bertz CT molecular complexity index is 937. The third-order valence-corrected chi connectivity index (χ3v) is 5.09. The van der Waals surface area contributed by atoms with E-state index >= 15 is 0 Å². The number of piperazine rings is 1. The number of aliphatic imine (C=N–C) groups is 1. The molecule has 1 amide bonds. The molecule has 1 aliphatic rings. The summed E-state index contributed by atoms with van der Waals surface area (Å²) in [6.07, 6.45) is 5.35. The van der Waals surface area contributed by atoms with Crippen LogP contribution >= 0.6 is 24.0 Å². The number of amides is 1. The predicted octanol–water partition coefficient (Wildman–Crippen LogP) is 1.21. The second-order valence-electron chi connectivity index (χ2n) is 7.18. The Kier molecular flexibility index (Phi) is 8.88. The number of aryl methyl sites for hydroxylation is 2. The molecule has 0 radical (unpaired) electrons. The van der Waals surface area contributed by atoms with Crippen LogP contribution in [0.5, 0.6) is 0 Å². The summed E-state index contributed by atoms with van der Waals surface area (Å²) >= 11 is 0. The summed E-state index contributed by atoms with van der Waals surface area (Å²) < 4.78 is 3.49. The van der Waals surface area contributed by atoms with Crippen LogP contribution in [0, 0.1) is 6.92 Å². The van der Waals surface area contributed by atoms with E-state index in [1.807, 2.05) is 31.1 Å². The molecule has 0 aliphatic carbocycles. The Labute approximate surface area is 193 Å². The van der Waals surface area contributed by atoms with Gasteiger partial charge < -0.3 is 19.7 Å². The van der Waals surface area contributed by atoms with E-state index in [9.17, 15) is 9.59 Å². The molecule has 0 bridgehead atoms. The van der Waals surface area contributed by atoms with Gasteiger partial charge in [0.15, 0.2) is 5.96 Å².